The third-order valence-electron chi connectivity index (χ3n) is 5.72. The van der Waals surface area contributed by atoms with Crippen LogP contribution in [0, 0.1) is 6.92 Å². The molecule has 1 fully saturated rings. The lowest BCUT2D eigenvalue weighted by Gasteiger charge is -2.36. The molecule has 0 spiro atoms. The lowest BCUT2D eigenvalue weighted by molar-refractivity contribution is -0.135. The molecule has 0 saturated carbocycles. The molecular weight excluding hydrogens is 424 g/mol. The SMILES string of the molecule is COCC(=O)N1CCN(c2nc(-c3ccccc3)nc(C)c2Cc2ccc(Cl)cc2)CC1. The number of methoxy groups -OCH3 is 1. The molecule has 2 heterocycles. The number of hydrogen-bond donors (Lipinski definition) is 0. The summed E-state index contributed by atoms with van der Waals surface area (Å²) in [7, 11) is 1.55. The first-order valence-electron chi connectivity index (χ1n) is 10.7. The first-order chi connectivity index (χ1) is 15.5. The van der Waals surface area contributed by atoms with Crippen LogP contribution in [0.4, 0.5) is 5.82 Å². The summed E-state index contributed by atoms with van der Waals surface area (Å²) in [5, 5.41) is 0.721. The number of nitrogens with zero attached hydrogens (tertiary/aromatic N) is 4. The topological polar surface area (TPSA) is 58.6 Å². The van der Waals surface area contributed by atoms with Crippen LogP contribution in [-0.4, -0.2) is 60.7 Å². The smallest absolute Gasteiger partial charge is 0.248 e. The molecule has 166 valence electrons. The van der Waals surface area contributed by atoms with E-state index in [1.807, 2.05) is 66.4 Å². The first-order valence-corrected chi connectivity index (χ1v) is 11.1. The van der Waals surface area contributed by atoms with Crippen LogP contribution in [0.15, 0.2) is 54.6 Å². The van der Waals surface area contributed by atoms with Gasteiger partial charge in [-0.15, -0.1) is 0 Å². The highest BCUT2D eigenvalue weighted by atomic mass is 35.5. The summed E-state index contributed by atoms with van der Waals surface area (Å²) in [6.07, 6.45) is 0.718. The van der Waals surface area contributed by atoms with Crippen LogP contribution in [0.1, 0.15) is 16.8 Å². The van der Waals surface area contributed by atoms with Gasteiger partial charge in [0, 0.05) is 61.6 Å². The molecule has 1 saturated heterocycles. The lowest BCUT2D eigenvalue weighted by Crippen LogP contribution is -2.50. The van der Waals surface area contributed by atoms with E-state index in [9.17, 15) is 4.79 Å². The molecule has 32 heavy (non-hydrogen) atoms. The molecule has 2 aromatic carbocycles. The summed E-state index contributed by atoms with van der Waals surface area (Å²) in [5.41, 5.74) is 4.21. The number of aromatic nitrogens is 2. The van der Waals surface area contributed by atoms with Gasteiger partial charge in [0.15, 0.2) is 5.82 Å². The molecule has 7 heteroatoms. The zero-order valence-electron chi connectivity index (χ0n) is 18.4. The van der Waals surface area contributed by atoms with Gasteiger partial charge in [0.2, 0.25) is 5.91 Å². The Morgan fingerprint density at radius 2 is 1.69 bits per heavy atom. The van der Waals surface area contributed by atoms with Crippen LogP contribution in [0.2, 0.25) is 5.02 Å². The first kappa shape index (κ1) is 22.2. The van der Waals surface area contributed by atoms with Crippen molar-refractivity contribution in [1.29, 1.82) is 0 Å². The van der Waals surface area contributed by atoms with Crippen molar-refractivity contribution in [1.82, 2.24) is 14.9 Å². The second-order valence-corrected chi connectivity index (χ2v) is 8.34. The molecule has 0 unspecified atom stereocenters. The van der Waals surface area contributed by atoms with Gasteiger partial charge in [-0.2, -0.15) is 0 Å². The third-order valence-corrected chi connectivity index (χ3v) is 5.97. The second-order valence-electron chi connectivity index (χ2n) is 7.90. The molecular formula is C25H27ClN4O2. The Balaban J connectivity index is 1.67. The minimum absolute atomic E-state index is 0.0254. The number of halogens is 1. The van der Waals surface area contributed by atoms with Crippen molar-refractivity contribution in [3.63, 3.8) is 0 Å². The fourth-order valence-electron chi connectivity index (χ4n) is 3.95. The maximum atomic E-state index is 12.2. The maximum absolute atomic E-state index is 12.2. The Hall–Kier alpha value is -2.96. The third kappa shape index (κ3) is 5.09. The molecule has 1 aliphatic rings. The van der Waals surface area contributed by atoms with Crippen molar-refractivity contribution >= 4 is 23.3 Å². The van der Waals surface area contributed by atoms with Crippen LogP contribution in [0.5, 0.6) is 0 Å². The molecule has 0 bridgehead atoms. The highest BCUT2D eigenvalue weighted by Crippen LogP contribution is 2.28. The monoisotopic (exact) mass is 450 g/mol. The van der Waals surface area contributed by atoms with Crippen LogP contribution in [-0.2, 0) is 16.0 Å². The number of hydrogen-bond acceptors (Lipinski definition) is 5. The van der Waals surface area contributed by atoms with E-state index in [1.165, 1.54) is 0 Å². The summed E-state index contributed by atoms with van der Waals surface area (Å²) < 4.78 is 5.01. The molecule has 1 aromatic heterocycles. The van der Waals surface area contributed by atoms with Crippen LogP contribution in [0.3, 0.4) is 0 Å². The van der Waals surface area contributed by atoms with Gasteiger partial charge in [-0.3, -0.25) is 4.79 Å². The van der Waals surface area contributed by atoms with Crippen LogP contribution >= 0.6 is 11.6 Å². The largest absolute Gasteiger partial charge is 0.375 e. The molecule has 3 aromatic rings. The van der Waals surface area contributed by atoms with Crippen LogP contribution < -0.4 is 4.90 Å². The lowest BCUT2D eigenvalue weighted by atomic mass is 10.0. The molecule has 1 amide bonds. The molecule has 0 atom stereocenters. The van der Waals surface area contributed by atoms with E-state index in [0.717, 1.165) is 45.5 Å². The van der Waals surface area contributed by atoms with Gasteiger partial charge in [0.05, 0.1) is 0 Å². The summed E-state index contributed by atoms with van der Waals surface area (Å²) in [6.45, 7) is 4.88. The van der Waals surface area contributed by atoms with Gasteiger partial charge < -0.3 is 14.5 Å². The number of rotatable bonds is 6. The number of anilines is 1. The zero-order chi connectivity index (χ0) is 22.5. The fraction of sp³-hybridized carbons (Fsp3) is 0.320. The van der Waals surface area contributed by atoms with Crippen molar-refractivity contribution in [3.05, 3.63) is 76.4 Å². The van der Waals surface area contributed by atoms with Gasteiger partial charge in [-0.25, -0.2) is 9.97 Å². The zero-order valence-corrected chi connectivity index (χ0v) is 19.2. The predicted octanol–water partition coefficient (Wildman–Crippen LogP) is 3.99. The van der Waals surface area contributed by atoms with Crippen molar-refractivity contribution < 1.29 is 9.53 Å². The van der Waals surface area contributed by atoms with Gasteiger partial charge in [-0.05, 0) is 24.6 Å². The summed E-state index contributed by atoms with van der Waals surface area (Å²) >= 11 is 6.08. The number of carbonyl (C=O) groups is 1. The fourth-order valence-corrected chi connectivity index (χ4v) is 4.08. The van der Waals surface area contributed by atoms with Gasteiger partial charge in [-0.1, -0.05) is 54.1 Å². The number of carbonyl (C=O) groups excluding carboxylic acids is 1. The Morgan fingerprint density at radius 1 is 1.00 bits per heavy atom. The second kappa shape index (κ2) is 10.1. The molecule has 6 nitrogen and oxygen atoms in total. The summed E-state index contributed by atoms with van der Waals surface area (Å²) in [4.78, 5) is 26.2. The Kier molecular flexibility index (Phi) is 7.02. The van der Waals surface area contributed by atoms with Gasteiger partial charge in [0.25, 0.3) is 0 Å². The predicted molar refractivity (Wildman–Crippen MR) is 127 cm³/mol. The number of ether oxygens (including phenoxy) is 1. The van der Waals surface area contributed by atoms with E-state index in [1.54, 1.807) is 7.11 Å². The Labute approximate surface area is 193 Å². The van der Waals surface area contributed by atoms with E-state index < -0.39 is 0 Å². The Bertz CT molecular complexity index is 1070. The molecule has 1 aliphatic heterocycles. The molecule has 4 rings (SSSR count). The Morgan fingerprint density at radius 3 is 2.34 bits per heavy atom. The van der Waals surface area contributed by atoms with Crippen LogP contribution in [0.25, 0.3) is 11.4 Å². The van der Waals surface area contributed by atoms with Gasteiger partial charge in [0.1, 0.15) is 12.4 Å². The van der Waals surface area contributed by atoms with E-state index in [-0.39, 0.29) is 12.5 Å². The van der Waals surface area contributed by atoms with E-state index in [0.29, 0.717) is 26.2 Å². The van der Waals surface area contributed by atoms with Crippen molar-refractivity contribution in [2.24, 2.45) is 0 Å². The summed E-state index contributed by atoms with van der Waals surface area (Å²) in [6, 6.07) is 17.9. The number of amides is 1. The highest BCUT2D eigenvalue weighted by Gasteiger charge is 2.25. The normalized spacial score (nSPS) is 14.0. The van der Waals surface area contributed by atoms with Crippen molar-refractivity contribution in [2.75, 3.05) is 44.8 Å². The standard InChI is InChI=1S/C25H27ClN4O2/c1-18-22(16-19-8-10-21(26)11-9-19)25(28-24(27-18)20-6-4-3-5-7-20)30-14-12-29(13-15-30)23(31)17-32-2/h3-11H,12-17H2,1-2H3. The minimum atomic E-state index is 0.0254. The van der Waals surface area contributed by atoms with Crippen molar-refractivity contribution in [3.8, 4) is 11.4 Å². The molecule has 0 aliphatic carbocycles. The molecule has 0 radical (unpaired) electrons. The highest BCUT2D eigenvalue weighted by molar-refractivity contribution is 6.30. The van der Waals surface area contributed by atoms with E-state index in [2.05, 4.69) is 4.90 Å². The summed E-state index contributed by atoms with van der Waals surface area (Å²) in [5.74, 6) is 1.68. The molecule has 0 N–H and O–H groups in total. The minimum Gasteiger partial charge on any atom is -0.375 e. The average molecular weight is 451 g/mol. The average Bonchev–Trinajstić information content (AvgIpc) is 2.82. The number of aryl methyl sites for hydroxylation is 1. The van der Waals surface area contributed by atoms with E-state index >= 15 is 0 Å². The maximum Gasteiger partial charge on any atom is 0.248 e. The number of benzene rings is 2. The van der Waals surface area contributed by atoms with Crippen molar-refractivity contribution in [2.45, 2.75) is 13.3 Å². The van der Waals surface area contributed by atoms with E-state index in [4.69, 9.17) is 26.3 Å². The quantitative estimate of drug-likeness (QED) is 0.568. The number of piperazine rings is 1. The van der Waals surface area contributed by atoms with Gasteiger partial charge >= 0.3 is 0 Å².